The van der Waals surface area contributed by atoms with E-state index in [9.17, 15) is 4.79 Å². The Morgan fingerprint density at radius 1 is 1.50 bits per heavy atom. The van der Waals surface area contributed by atoms with Crippen LogP contribution in [0.25, 0.3) is 0 Å². The van der Waals surface area contributed by atoms with Gasteiger partial charge in [0.1, 0.15) is 0 Å². The Morgan fingerprint density at radius 3 is 2.72 bits per heavy atom. The van der Waals surface area contributed by atoms with Crippen molar-refractivity contribution in [3.8, 4) is 0 Å². The van der Waals surface area contributed by atoms with Crippen LogP contribution in [0.15, 0.2) is 0 Å². The van der Waals surface area contributed by atoms with Gasteiger partial charge >= 0.3 is 0 Å². The van der Waals surface area contributed by atoms with Crippen LogP contribution >= 0.6 is 11.8 Å². The second kappa shape index (κ2) is 7.39. The lowest BCUT2D eigenvalue weighted by molar-refractivity contribution is -0.122. The van der Waals surface area contributed by atoms with Crippen LogP contribution in [0.4, 0.5) is 0 Å². The van der Waals surface area contributed by atoms with Gasteiger partial charge in [0.2, 0.25) is 5.91 Å². The minimum absolute atomic E-state index is 0.167. The van der Waals surface area contributed by atoms with Gasteiger partial charge < -0.3 is 11.1 Å². The molecule has 0 aromatic heterocycles. The van der Waals surface area contributed by atoms with Crippen molar-refractivity contribution in [1.82, 2.24) is 5.32 Å². The topological polar surface area (TPSA) is 55.1 Å². The normalized spacial score (nSPS) is 25.4. The van der Waals surface area contributed by atoms with E-state index in [-0.39, 0.29) is 10.7 Å². The molecule has 1 saturated heterocycles. The molecule has 0 spiro atoms. The summed E-state index contributed by atoms with van der Waals surface area (Å²) >= 11 is 1.98. The smallest absolute Gasteiger partial charge is 0.220 e. The number of nitrogens with two attached hydrogens (primary N) is 1. The van der Waals surface area contributed by atoms with E-state index < -0.39 is 0 Å². The lowest BCUT2D eigenvalue weighted by Crippen LogP contribution is -2.38. The first-order valence-electron chi connectivity index (χ1n) is 7.06. The molecule has 1 aliphatic rings. The molecule has 1 rings (SSSR count). The van der Waals surface area contributed by atoms with E-state index in [1.807, 2.05) is 11.8 Å². The molecule has 106 valence electrons. The monoisotopic (exact) mass is 272 g/mol. The lowest BCUT2D eigenvalue weighted by atomic mass is 9.94. The van der Waals surface area contributed by atoms with Crippen molar-refractivity contribution in [1.29, 1.82) is 0 Å². The van der Waals surface area contributed by atoms with E-state index in [2.05, 4.69) is 26.1 Å². The minimum Gasteiger partial charge on any atom is -0.355 e. The molecule has 3 nitrogen and oxygen atoms in total. The summed E-state index contributed by atoms with van der Waals surface area (Å²) in [6.45, 7) is 8.01. The van der Waals surface area contributed by atoms with Crippen molar-refractivity contribution < 1.29 is 4.79 Å². The molecule has 1 heterocycles. The van der Waals surface area contributed by atoms with Gasteiger partial charge in [-0.05, 0) is 50.3 Å². The average molecular weight is 272 g/mol. The van der Waals surface area contributed by atoms with Crippen LogP contribution in [0.3, 0.4) is 0 Å². The third kappa shape index (κ3) is 5.61. The van der Waals surface area contributed by atoms with Crippen molar-refractivity contribution in [2.24, 2.45) is 17.6 Å². The molecule has 4 heteroatoms. The molecule has 18 heavy (non-hydrogen) atoms. The molecular formula is C14H28N2OS. The van der Waals surface area contributed by atoms with Crippen molar-refractivity contribution >= 4 is 17.7 Å². The number of rotatable bonds is 7. The van der Waals surface area contributed by atoms with Crippen LogP contribution in [-0.4, -0.2) is 29.5 Å². The molecule has 0 bridgehead atoms. The molecule has 0 aromatic rings. The highest BCUT2D eigenvalue weighted by atomic mass is 32.2. The predicted octanol–water partition coefficient (Wildman–Crippen LogP) is 2.40. The second-order valence-electron chi connectivity index (χ2n) is 6.11. The molecular weight excluding hydrogens is 244 g/mol. The molecule has 0 saturated carbocycles. The fourth-order valence-electron chi connectivity index (χ4n) is 2.53. The first-order valence-corrected chi connectivity index (χ1v) is 8.04. The third-order valence-electron chi connectivity index (χ3n) is 3.57. The van der Waals surface area contributed by atoms with E-state index in [1.165, 1.54) is 18.6 Å². The van der Waals surface area contributed by atoms with Crippen molar-refractivity contribution in [2.75, 3.05) is 18.8 Å². The third-order valence-corrected chi connectivity index (χ3v) is 5.11. The van der Waals surface area contributed by atoms with Crippen LogP contribution in [-0.2, 0) is 4.79 Å². The van der Waals surface area contributed by atoms with Crippen molar-refractivity contribution in [3.05, 3.63) is 0 Å². The van der Waals surface area contributed by atoms with Gasteiger partial charge in [0, 0.05) is 17.7 Å². The Morgan fingerprint density at radius 2 is 2.22 bits per heavy atom. The molecule has 1 fully saturated rings. The fourth-order valence-corrected chi connectivity index (χ4v) is 3.77. The number of nitrogens with one attached hydrogen (secondary N) is 1. The molecule has 1 amide bonds. The van der Waals surface area contributed by atoms with Gasteiger partial charge in [0.05, 0.1) is 0 Å². The van der Waals surface area contributed by atoms with Gasteiger partial charge in [-0.25, -0.2) is 0 Å². The first kappa shape index (κ1) is 15.8. The number of carbonyl (C=O) groups excluding carboxylic acids is 1. The summed E-state index contributed by atoms with van der Waals surface area (Å²) in [6, 6.07) is 0. The lowest BCUT2D eigenvalue weighted by Gasteiger charge is -2.24. The number of amides is 1. The molecule has 0 aromatic carbocycles. The quantitative estimate of drug-likeness (QED) is 0.748. The standard InChI is InChI=1S/C14H28N2OS/c1-11(2)7-12(9-15)8-13(17)16-10-14(3)5-4-6-18-14/h11-12H,4-10,15H2,1-3H3,(H,16,17). The Bertz CT molecular complexity index is 263. The van der Waals surface area contributed by atoms with Gasteiger partial charge in [-0.1, -0.05) is 13.8 Å². The molecule has 0 radical (unpaired) electrons. The first-order chi connectivity index (χ1) is 8.45. The summed E-state index contributed by atoms with van der Waals surface area (Å²) in [6.07, 6.45) is 4.10. The molecule has 2 unspecified atom stereocenters. The molecule has 1 aliphatic heterocycles. The summed E-state index contributed by atoms with van der Waals surface area (Å²) < 4.78 is 0.256. The van der Waals surface area contributed by atoms with Crippen LogP contribution in [0, 0.1) is 11.8 Å². The van der Waals surface area contributed by atoms with Gasteiger partial charge in [-0.2, -0.15) is 11.8 Å². The largest absolute Gasteiger partial charge is 0.355 e. The highest BCUT2D eigenvalue weighted by Gasteiger charge is 2.29. The maximum absolute atomic E-state index is 11.9. The van der Waals surface area contributed by atoms with E-state index in [0.29, 0.717) is 24.8 Å². The zero-order valence-electron chi connectivity index (χ0n) is 12.0. The SMILES string of the molecule is CC(C)CC(CN)CC(=O)NCC1(C)CCCS1. The zero-order valence-corrected chi connectivity index (χ0v) is 12.8. The number of hydrogen-bond donors (Lipinski definition) is 2. The van der Waals surface area contributed by atoms with E-state index >= 15 is 0 Å². The van der Waals surface area contributed by atoms with Crippen molar-refractivity contribution in [2.45, 2.75) is 51.2 Å². The second-order valence-corrected chi connectivity index (χ2v) is 7.80. The summed E-state index contributed by atoms with van der Waals surface area (Å²) in [4.78, 5) is 11.9. The van der Waals surface area contributed by atoms with E-state index in [0.717, 1.165) is 13.0 Å². The van der Waals surface area contributed by atoms with Crippen LogP contribution in [0.5, 0.6) is 0 Å². The van der Waals surface area contributed by atoms with E-state index in [1.54, 1.807) is 0 Å². The number of hydrogen-bond acceptors (Lipinski definition) is 3. The van der Waals surface area contributed by atoms with E-state index in [4.69, 9.17) is 5.73 Å². The van der Waals surface area contributed by atoms with Gasteiger partial charge in [0.25, 0.3) is 0 Å². The zero-order chi connectivity index (χ0) is 13.6. The maximum Gasteiger partial charge on any atom is 0.220 e. The Balaban J connectivity index is 2.27. The van der Waals surface area contributed by atoms with Gasteiger partial charge in [-0.15, -0.1) is 0 Å². The van der Waals surface area contributed by atoms with Crippen LogP contribution in [0.1, 0.15) is 46.5 Å². The van der Waals surface area contributed by atoms with Gasteiger partial charge in [-0.3, -0.25) is 4.79 Å². The highest BCUT2D eigenvalue weighted by Crippen LogP contribution is 2.36. The fraction of sp³-hybridized carbons (Fsp3) is 0.929. The van der Waals surface area contributed by atoms with Crippen LogP contribution < -0.4 is 11.1 Å². The molecule has 3 N–H and O–H groups in total. The molecule has 2 atom stereocenters. The molecule has 0 aliphatic carbocycles. The Hall–Kier alpha value is -0.220. The summed E-state index contributed by atoms with van der Waals surface area (Å²) in [5.74, 6) is 2.33. The number of thioether (sulfide) groups is 1. The minimum atomic E-state index is 0.167. The Kier molecular flexibility index (Phi) is 6.50. The van der Waals surface area contributed by atoms with Crippen LogP contribution in [0.2, 0.25) is 0 Å². The number of carbonyl (C=O) groups is 1. The Labute approximate surface area is 116 Å². The summed E-state index contributed by atoms with van der Waals surface area (Å²) in [7, 11) is 0. The summed E-state index contributed by atoms with van der Waals surface area (Å²) in [5, 5.41) is 3.09. The summed E-state index contributed by atoms with van der Waals surface area (Å²) in [5.41, 5.74) is 5.73. The van der Waals surface area contributed by atoms with Crippen molar-refractivity contribution in [3.63, 3.8) is 0 Å². The predicted molar refractivity (Wildman–Crippen MR) is 79.7 cm³/mol. The van der Waals surface area contributed by atoms with Gasteiger partial charge in [0.15, 0.2) is 0 Å². The highest BCUT2D eigenvalue weighted by molar-refractivity contribution is 8.00. The average Bonchev–Trinajstić information content (AvgIpc) is 2.73. The maximum atomic E-state index is 11.9.